The average molecular weight is 234 g/mol. The Bertz CT molecular complexity index is 421. The molecule has 1 rings (SSSR count). The number of allylic oxidation sites excluding steroid dienone is 1. The van der Waals surface area contributed by atoms with Crippen molar-refractivity contribution in [3.05, 3.63) is 29.8 Å². The Labute approximate surface area is 102 Å². The minimum absolute atomic E-state index is 0.00964. The smallest absolute Gasteiger partial charge is 0.169 e. The van der Waals surface area contributed by atoms with Crippen molar-refractivity contribution in [1.29, 1.82) is 0 Å². The molecule has 0 amide bonds. The number of ether oxygens (including phenoxy) is 2. The second-order valence-electron chi connectivity index (χ2n) is 3.78. The highest BCUT2D eigenvalue weighted by molar-refractivity contribution is 5.80. The molecule has 1 aromatic rings. The average Bonchev–Trinajstić information content (AvgIpc) is 2.31. The van der Waals surface area contributed by atoms with Gasteiger partial charge in [0.25, 0.3) is 0 Å². The van der Waals surface area contributed by atoms with Gasteiger partial charge in [-0.3, -0.25) is 4.79 Å². The van der Waals surface area contributed by atoms with E-state index in [1.807, 2.05) is 37.3 Å². The molecule has 0 bridgehead atoms. The number of carbonyl (C=O) groups is 1. The Morgan fingerprint density at radius 1 is 1.35 bits per heavy atom. The lowest BCUT2D eigenvalue weighted by molar-refractivity contribution is -0.122. The highest BCUT2D eigenvalue weighted by Gasteiger charge is 2.12. The maximum absolute atomic E-state index is 11.1. The summed E-state index contributed by atoms with van der Waals surface area (Å²) in [7, 11) is 1.58. The predicted molar refractivity (Wildman–Crippen MR) is 68.5 cm³/mol. The summed E-state index contributed by atoms with van der Waals surface area (Å²) in [4.78, 5) is 11.1. The monoisotopic (exact) mass is 234 g/mol. The SMILES string of the molecule is C/C=C/c1ccc(O[C@@H](C)C(C)=O)c(OC)c1. The van der Waals surface area contributed by atoms with Gasteiger partial charge in [-0.15, -0.1) is 0 Å². The lowest BCUT2D eigenvalue weighted by Gasteiger charge is -2.15. The first-order valence-corrected chi connectivity index (χ1v) is 5.56. The van der Waals surface area contributed by atoms with Crippen molar-refractivity contribution in [3.8, 4) is 11.5 Å². The Balaban J connectivity index is 2.96. The number of methoxy groups -OCH3 is 1. The zero-order valence-electron chi connectivity index (χ0n) is 10.7. The van der Waals surface area contributed by atoms with Crippen LogP contribution in [0.1, 0.15) is 26.3 Å². The first-order valence-electron chi connectivity index (χ1n) is 5.56. The molecule has 1 aromatic carbocycles. The van der Waals surface area contributed by atoms with Crippen LogP contribution in [0.15, 0.2) is 24.3 Å². The molecule has 0 unspecified atom stereocenters. The second kappa shape index (κ2) is 6.09. The predicted octanol–water partition coefficient (Wildman–Crippen LogP) is 3.08. The first-order chi connectivity index (χ1) is 8.08. The van der Waals surface area contributed by atoms with Gasteiger partial charge in [0, 0.05) is 0 Å². The van der Waals surface area contributed by atoms with E-state index in [1.165, 1.54) is 6.92 Å². The van der Waals surface area contributed by atoms with E-state index in [4.69, 9.17) is 9.47 Å². The summed E-state index contributed by atoms with van der Waals surface area (Å²) < 4.78 is 10.8. The van der Waals surface area contributed by atoms with Crippen LogP contribution in [0.2, 0.25) is 0 Å². The molecule has 0 heterocycles. The number of carbonyl (C=O) groups excluding carboxylic acids is 1. The maximum atomic E-state index is 11.1. The van der Waals surface area contributed by atoms with Crippen LogP contribution in [0.5, 0.6) is 11.5 Å². The van der Waals surface area contributed by atoms with Gasteiger partial charge in [-0.25, -0.2) is 0 Å². The minimum atomic E-state index is -0.462. The van der Waals surface area contributed by atoms with E-state index in [0.717, 1.165) is 5.56 Å². The van der Waals surface area contributed by atoms with Gasteiger partial charge < -0.3 is 9.47 Å². The van der Waals surface area contributed by atoms with Crippen molar-refractivity contribution in [1.82, 2.24) is 0 Å². The molecule has 92 valence electrons. The van der Waals surface area contributed by atoms with Crippen LogP contribution >= 0.6 is 0 Å². The Hall–Kier alpha value is -1.77. The van der Waals surface area contributed by atoms with Crippen LogP contribution < -0.4 is 9.47 Å². The van der Waals surface area contributed by atoms with Crippen LogP contribution in [0.3, 0.4) is 0 Å². The van der Waals surface area contributed by atoms with Gasteiger partial charge in [0.2, 0.25) is 0 Å². The minimum Gasteiger partial charge on any atom is -0.493 e. The third-order valence-electron chi connectivity index (χ3n) is 2.42. The Kier molecular flexibility index (Phi) is 4.76. The summed E-state index contributed by atoms with van der Waals surface area (Å²) in [6.45, 7) is 5.18. The lowest BCUT2D eigenvalue weighted by Crippen LogP contribution is -2.20. The molecule has 3 heteroatoms. The maximum Gasteiger partial charge on any atom is 0.169 e. The van der Waals surface area contributed by atoms with E-state index in [1.54, 1.807) is 14.0 Å². The van der Waals surface area contributed by atoms with Crippen LogP contribution in [0.4, 0.5) is 0 Å². The fourth-order valence-corrected chi connectivity index (χ4v) is 1.35. The quantitative estimate of drug-likeness (QED) is 0.785. The van der Waals surface area contributed by atoms with Crippen LogP contribution in [0, 0.1) is 0 Å². The van der Waals surface area contributed by atoms with Gasteiger partial charge in [-0.1, -0.05) is 18.2 Å². The van der Waals surface area contributed by atoms with Crippen molar-refractivity contribution in [2.75, 3.05) is 7.11 Å². The van der Waals surface area contributed by atoms with Gasteiger partial charge in [-0.2, -0.15) is 0 Å². The molecule has 0 saturated carbocycles. The molecule has 0 spiro atoms. The number of Topliss-reactive ketones (excluding diaryl/α,β-unsaturated/α-hetero) is 1. The van der Waals surface area contributed by atoms with Gasteiger partial charge in [0.1, 0.15) is 0 Å². The number of hydrogen-bond acceptors (Lipinski definition) is 3. The number of hydrogen-bond donors (Lipinski definition) is 0. The lowest BCUT2D eigenvalue weighted by atomic mass is 10.2. The Morgan fingerprint density at radius 2 is 2.06 bits per heavy atom. The summed E-state index contributed by atoms with van der Waals surface area (Å²) >= 11 is 0. The number of ketones is 1. The second-order valence-corrected chi connectivity index (χ2v) is 3.78. The zero-order valence-corrected chi connectivity index (χ0v) is 10.7. The first kappa shape index (κ1) is 13.3. The summed E-state index contributed by atoms with van der Waals surface area (Å²) in [6, 6.07) is 5.61. The molecule has 3 nitrogen and oxygen atoms in total. The molecule has 0 aliphatic carbocycles. The molecule has 1 atom stereocenters. The molecule has 0 aliphatic rings. The van der Waals surface area contributed by atoms with Gasteiger partial charge >= 0.3 is 0 Å². The van der Waals surface area contributed by atoms with Crippen LogP contribution in [-0.2, 0) is 4.79 Å². The topological polar surface area (TPSA) is 35.5 Å². The highest BCUT2D eigenvalue weighted by atomic mass is 16.5. The van der Waals surface area contributed by atoms with E-state index in [2.05, 4.69) is 0 Å². The van der Waals surface area contributed by atoms with Gasteiger partial charge in [0.05, 0.1) is 7.11 Å². The summed E-state index contributed by atoms with van der Waals surface area (Å²) in [5.74, 6) is 1.21. The van der Waals surface area contributed by atoms with Crippen molar-refractivity contribution >= 4 is 11.9 Å². The largest absolute Gasteiger partial charge is 0.493 e. The van der Waals surface area contributed by atoms with Gasteiger partial charge in [0.15, 0.2) is 23.4 Å². The third-order valence-corrected chi connectivity index (χ3v) is 2.42. The van der Waals surface area contributed by atoms with E-state index in [0.29, 0.717) is 11.5 Å². The molecule has 17 heavy (non-hydrogen) atoms. The van der Waals surface area contributed by atoms with E-state index in [-0.39, 0.29) is 5.78 Å². The van der Waals surface area contributed by atoms with Crippen molar-refractivity contribution in [2.24, 2.45) is 0 Å². The van der Waals surface area contributed by atoms with E-state index >= 15 is 0 Å². The normalized spacial score (nSPS) is 12.5. The summed E-state index contributed by atoms with van der Waals surface area (Å²) in [5.41, 5.74) is 1.03. The zero-order chi connectivity index (χ0) is 12.8. The summed E-state index contributed by atoms with van der Waals surface area (Å²) in [6.07, 6.45) is 3.46. The van der Waals surface area contributed by atoms with E-state index in [9.17, 15) is 4.79 Å². The standard InChI is InChI=1S/C14H18O3/c1-5-6-12-7-8-13(14(9-12)16-4)17-11(3)10(2)15/h5-9,11H,1-4H3/b6-5+/t11-/m0/s1. The van der Waals surface area contributed by atoms with Gasteiger partial charge in [-0.05, 0) is 38.5 Å². The molecular formula is C14H18O3. The number of benzene rings is 1. The molecule has 0 fully saturated rings. The number of rotatable bonds is 5. The molecule has 0 N–H and O–H groups in total. The van der Waals surface area contributed by atoms with Crippen LogP contribution in [-0.4, -0.2) is 19.0 Å². The Morgan fingerprint density at radius 3 is 2.59 bits per heavy atom. The fraction of sp³-hybridized carbons (Fsp3) is 0.357. The summed E-state index contributed by atoms with van der Waals surface area (Å²) in [5, 5.41) is 0. The van der Waals surface area contributed by atoms with E-state index < -0.39 is 6.10 Å². The van der Waals surface area contributed by atoms with Crippen molar-refractivity contribution in [2.45, 2.75) is 26.9 Å². The third kappa shape index (κ3) is 3.63. The molecular weight excluding hydrogens is 216 g/mol. The fourth-order valence-electron chi connectivity index (χ4n) is 1.35. The van der Waals surface area contributed by atoms with Crippen molar-refractivity contribution < 1.29 is 14.3 Å². The molecule has 0 saturated heterocycles. The van der Waals surface area contributed by atoms with Crippen LogP contribution in [0.25, 0.3) is 6.08 Å². The molecule has 0 aromatic heterocycles. The molecule has 0 aliphatic heterocycles. The highest BCUT2D eigenvalue weighted by Crippen LogP contribution is 2.29. The molecule has 0 radical (unpaired) electrons. The van der Waals surface area contributed by atoms with Crippen molar-refractivity contribution in [3.63, 3.8) is 0 Å².